The number of hydrogen-bond acceptors (Lipinski definition) is 8. The monoisotopic (exact) mass is 678 g/mol. The minimum absolute atomic E-state index is 0.0526. The lowest BCUT2D eigenvalue weighted by atomic mass is 9.98. The summed E-state index contributed by atoms with van der Waals surface area (Å²) in [6.07, 6.45) is 9.21. The second-order valence-electron chi connectivity index (χ2n) is 12.7. The van der Waals surface area contributed by atoms with Crippen LogP contribution in [-0.4, -0.2) is 97.4 Å². The first-order valence-electron chi connectivity index (χ1n) is 16.3. The van der Waals surface area contributed by atoms with E-state index in [9.17, 15) is 9.59 Å². The third kappa shape index (κ3) is 6.55. The van der Waals surface area contributed by atoms with Gasteiger partial charge in [0.2, 0.25) is 11.8 Å². The fourth-order valence-corrected chi connectivity index (χ4v) is 7.49. The van der Waals surface area contributed by atoms with Crippen LogP contribution in [0.3, 0.4) is 0 Å². The molecular weight excluding hydrogens is 639 g/mol. The van der Waals surface area contributed by atoms with Gasteiger partial charge < -0.3 is 15.0 Å². The molecule has 13 heteroatoms. The molecule has 2 aromatic carbocycles. The Balaban J connectivity index is 0.968. The molecule has 12 nitrogen and oxygen atoms in total. The molecule has 0 aliphatic carbocycles. The van der Waals surface area contributed by atoms with E-state index in [2.05, 4.69) is 48.7 Å². The minimum Gasteiger partial charge on any atom is -0.448 e. The second kappa shape index (κ2) is 13.5. The van der Waals surface area contributed by atoms with Crippen LogP contribution in [0.1, 0.15) is 18.4 Å². The fourth-order valence-electron chi connectivity index (χ4n) is 6.65. The van der Waals surface area contributed by atoms with Gasteiger partial charge in [-0.25, -0.2) is 4.98 Å². The molecule has 0 radical (unpaired) electrons. The standard InChI is InChI=1S/C36H39N9O3S/c1-42-15-11-27(19-32(42)48-3)33-29-20-28(9-10-30(29)39-40-33)38-35(47)36(49-4)14-18-44(22-36)21-31(46)45-16-12-25(13-17-45)24-5-7-26(8-6-24)34-37-23-43(2)41-34/h5-12,15,19-20,23H,13-14,16-18,21-22H2,1-4H3,(H,38,40,47)/p+1. The molecular formula is C36H40N9O3S+. The van der Waals surface area contributed by atoms with Gasteiger partial charge in [0, 0.05) is 61.5 Å². The molecule has 2 aliphatic rings. The van der Waals surface area contributed by atoms with Crippen molar-refractivity contribution in [2.24, 2.45) is 14.1 Å². The number of nitrogens with zero attached hydrogens (tertiary/aromatic N) is 7. The van der Waals surface area contributed by atoms with Gasteiger partial charge in [0.05, 0.1) is 25.2 Å². The topological polar surface area (TPSA) is 125 Å². The van der Waals surface area contributed by atoms with Crippen LogP contribution < -0.4 is 14.6 Å². The van der Waals surface area contributed by atoms with Gasteiger partial charge in [0.25, 0.3) is 0 Å². The second-order valence-corrected chi connectivity index (χ2v) is 13.8. The molecule has 1 unspecified atom stereocenters. The van der Waals surface area contributed by atoms with Crippen LogP contribution in [0.4, 0.5) is 5.69 Å². The van der Waals surface area contributed by atoms with Crippen LogP contribution in [0.25, 0.3) is 39.1 Å². The maximum atomic E-state index is 13.8. The number of rotatable bonds is 9. The molecule has 0 saturated carbocycles. The van der Waals surface area contributed by atoms with Gasteiger partial charge in [-0.05, 0) is 48.4 Å². The lowest BCUT2D eigenvalue weighted by Crippen LogP contribution is -2.45. The Morgan fingerprint density at radius 1 is 1.08 bits per heavy atom. The molecule has 2 N–H and O–H groups in total. The number of benzene rings is 2. The molecule has 0 spiro atoms. The number of aryl methyl sites for hydroxylation is 2. The molecule has 1 atom stereocenters. The van der Waals surface area contributed by atoms with Crippen molar-refractivity contribution in [3.8, 4) is 28.5 Å². The molecule has 49 heavy (non-hydrogen) atoms. The number of anilines is 1. The number of thioether (sulfide) groups is 1. The van der Waals surface area contributed by atoms with Crippen LogP contribution in [-0.2, 0) is 23.7 Å². The zero-order valence-corrected chi connectivity index (χ0v) is 29.0. The van der Waals surface area contributed by atoms with E-state index in [0.29, 0.717) is 56.5 Å². The van der Waals surface area contributed by atoms with Gasteiger partial charge in [0.15, 0.2) is 12.0 Å². The molecule has 1 saturated heterocycles. The summed E-state index contributed by atoms with van der Waals surface area (Å²) in [6.45, 7) is 2.74. The Morgan fingerprint density at radius 2 is 1.90 bits per heavy atom. The van der Waals surface area contributed by atoms with Crippen molar-refractivity contribution in [2.75, 3.05) is 51.4 Å². The SMILES string of the molecule is COc1cc(-c2n[nH]c3ccc(NC(=O)C4(SC)CCN(CC(=O)N5CC=C(c6ccc(-c7ncn(C)n7)cc6)CC5)C4)cc23)cc[n+]1C. The highest BCUT2D eigenvalue weighted by Gasteiger charge is 2.44. The molecule has 252 valence electrons. The molecule has 5 heterocycles. The Bertz CT molecular complexity index is 2050. The van der Waals surface area contributed by atoms with E-state index in [0.717, 1.165) is 39.7 Å². The number of aromatic amines is 1. The van der Waals surface area contributed by atoms with Crippen molar-refractivity contribution < 1.29 is 18.9 Å². The highest BCUT2D eigenvalue weighted by molar-refractivity contribution is 8.00. The Hall–Kier alpha value is -5.01. The van der Waals surface area contributed by atoms with Crippen LogP contribution in [0, 0.1) is 0 Å². The highest BCUT2D eigenvalue weighted by atomic mass is 32.2. The molecule has 2 aliphatic heterocycles. The number of carbonyl (C=O) groups is 2. The number of ether oxygens (including phenoxy) is 1. The number of amides is 2. The lowest BCUT2D eigenvalue weighted by Gasteiger charge is -2.29. The first-order valence-corrected chi connectivity index (χ1v) is 17.5. The van der Waals surface area contributed by atoms with Gasteiger partial charge in [-0.1, -0.05) is 30.3 Å². The number of fused-ring (bicyclic) bond motifs is 1. The smallest absolute Gasteiger partial charge is 0.367 e. The maximum absolute atomic E-state index is 13.8. The average molecular weight is 679 g/mol. The minimum atomic E-state index is -0.651. The molecule has 0 bridgehead atoms. The molecule has 5 aromatic rings. The Morgan fingerprint density at radius 3 is 2.61 bits per heavy atom. The third-order valence-corrected chi connectivity index (χ3v) is 10.9. The first kappa shape index (κ1) is 32.5. The fraction of sp³-hybridized carbons (Fsp3) is 0.333. The number of H-pyrrole nitrogens is 1. The Kier molecular flexibility index (Phi) is 8.95. The summed E-state index contributed by atoms with van der Waals surface area (Å²) in [5.74, 6) is 1.46. The highest BCUT2D eigenvalue weighted by Crippen LogP contribution is 2.36. The summed E-state index contributed by atoms with van der Waals surface area (Å²) in [5.41, 5.74) is 6.64. The number of aromatic nitrogens is 6. The zero-order valence-electron chi connectivity index (χ0n) is 28.1. The van der Waals surface area contributed by atoms with E-state index < -0.39 is 4.75 Å². The van der Waals surface area contributed by atoms with E-state index >= 15 is 0 Å². The van der Waals surface area contributed by atoms with Crippen molar-refractivity contribution in [1.29, 1.82) is 0 Å². The van der Waals surface area contributed by atoms with Gasteiger partial charge in [-0.15, -0.1) is 11.8 Å². The van der Waals surface area contributed by atoms with Crippen molar-refractivity contribution in [2.45, 2.75) is 17.6 Å². The maximum Gasteiger partial charge on any atom is 0.367 e. The predicted molar refractivity (Wildman–Crippen MR) is 191 cm³/mol. The molecule has 1 fully saturated rings. The largest absolute Gasteiger partial charge is 0.448 e. The quantitative estimate of drug-likeness (QED) is 0.225. The molecule has 3 aromatic heterocycles. The first-order chi connectivity index (χ1) is 23.7. The van der Waals surface area contributed by atoms with E-state index in [1.807, 2.05) is 78.5 Å². The predicted octanol–water partition coefficient (Wildman–Crippen LogP) is 3.92. The van der Waals surface area contributed by atoms with Gasteiger partial charge >= 0.3 is 5.88 Å². The van der Waals surface area contributed by atoms with Crippen LogP contribution in [0.2, 0.25) is 0 Å². The number of likely N-dealkylation sites (tertiary alicyclic amines) is 1. The zero-order chi connectivity index (χ0) is 34.1. The number of hydrogen-bond donors (Lipinski definition) is 2. The lowest BCUT2D eigenvalue weighted by molar-refractivity contribution is -0.676. The number of carbonyl (C=O) groups excluding carboxylic acids is 2. The number of nitrogens with one attached hydrogen (secondary N) is 2. The van der Waals surface area contributed by atoms with Crippen LogP contribution in [0.15, 0.2) is 73.2 Å². The van der Waals surface area contributed by atoms with Gasteiger partial charge in [-0.2, -0.15) is 14.8 Å². The van der Waals surface area contributed by atoms with Crippen molar-refractivity contribution in [3.63, 3.8) is 0 Å². The van der Waals surface area contributed by atoms with Crippen molar-refractivity contribution in [1.82, 2.24) is 34.8 Å². The van der Waals surface area contributed by atoms with E-state index in [1.54, 1.807) is 29.9 Å². The average Bonchev–Trinajstić information content (AvgIpc) is 3.87. The van der Waals surface area contributed by atoms with E-state index in [1.165, 1.54) is 5.57 Å². The van der Waals surface area contributed by atoms with Crippen molar-refractivity contribution in [3.05, 3.63) is 78.8 Å². The van der Waals surface area contributed by atoms with Crippen molar-refractivity contribution >= 4 is 45.7 Å². The Labute approximate surface area is 289 Å². The number of pyridine rings is 1. The van der Waals surface area contributed by atoms with Gasteiger partial charge in [0.1, 0.15) is 23.8 Å². The number of methoxy groups -OCH3 is 1. The van der Waals surface area contributed by atoms with Gasteiger partial charge in [-0.3, -0.25) is 24.3 Å². The summed E-state index contributed by atoms with van der Waals surface area (Å²) < 4.78 is 8.43. The van der Waals surface area contributed by atoms with Crippen LogP contribution in [0.5, 0.6) is 5.88 Å². The summed E-state index contributed by atoms with van der Waals surface area (Å²) in [6, 6.07) is 18.0. The molecule has 2 amide bonds. The summed E-state index contributed by atoms with van der Waals surface area (Å²) in [5, 5.41) is 16.1. The normalized spacial score (nSPS) is 18.1. The van der Waals surface area contributed by atoms with E-state index in [-0.39, 0.29) is 11.8 Å². The van der Waals surface area contributed by atoms with E-state index in [4.69, 9.17) is 4.74 Å². The van der Waals surface area contributed by atoms with Crippen LogP contribution >= 0.6 is 11.8 Å². The summed E-state index contributed by atoms with van der Waals surface area (Å²) in [4.78, 5) is 35.5. The third-order valence-electron chi connectivity index (χ3n) is 9.56. The summed E-state index contributed by atoms with van der Waals surface area (Å²) in [7, 11) is 5.42. The summed E-state index contributed by atoms with van der Waals surface area (Å²) >= 11 is 1.55. The molecule has 7 rings (SSSR count).